The normalized spacial score (nSPS) is 15.2. The Morgan fingerprint density at radius 3 is 2.39 bits per heavy atom. The lowest BCUT2D eigenvalue weighted by Crippen LogP contribution is -2.20. The van der Waals surface area contributed by atoms with Gasteiger partial charge in [0.25, 0.3) is 0 Å². The van der Waals surface area contributed by atoms with Crippen LogP contribution in [0.15, 0.2) is 28.8 Å². The molecule has 3 rings (SSSR count). The first-order valence-electron chi connectivity index (χ1n) is 5.47. The number of aliphatic hydroxyl groups excluding tert-OH is 1. The molecule has 1 heterocycles. The Hall–Kier alpha value is -2.27. The number of ketones is 2. The second-order valence-electron chi connectivity index (χ2n) is 4.15. The van der Waals surface area contributed by atoms with Crippen molar-refractivity contribution >= 4 is 11.6 Å². The summed E-state index contributed by atoms with van der Waals surface area (Å²) in [6.07, 6.45) is -0.959. The molecule has 90 valence electrons. The van der Waals surface area contributed by atoms with Crippen LogP contribution in [-0.4, -0.2) is 21.8 Å². The Kier molecular flexibility index (Phi) is 2.18. The van der Waals surface area contributed by atoms with Gasteiger partial charge >= 0.3 is 0 Å². The van der Waals surface area contributed by atoms with Crippen molar-refractivity contribution in [3.8, 4) is 0 Å². The van der Waals surface area contributed by atoms with Crippen LogP contribution in [-0.2, 0) is 0 Å². The maximum Gasteiger partial charge on any atom is 0.232 e. The van der Waals surface area contributed by atoms with E-state index in [-0.39, 0.29) is 28.6 Å². The Bertz CT molecular complexity index is 669. The molecule has 1 N–H and O–H groups in total. The number of nitrogens with zero attached hydrogens (tertiary/aromatic N) is 1. The number of hydrogen-bond acceptors (Lipinski definition) is 5. The Morgan fingerprint density at radius 2 is 1.78 bits per heavy atom. The number of carbonyl (C=O) groups excluding carboxylic acids is 2. The first kappa shape index (κ1) is 10.9. The number of aromatic nitrogens is 1. The van der Waals surface area contributed by atoms with Gasteiger partial charge in [-0.2, -0.15) is 0 Å². The first-order chi connectivity index (χ1) is 8.61. The van der Waals surface area contributed by atoms with Crippen LogP contribution >= 0.6 is 0 Å². The van der Waals surface area contributed by atoms with E-state index in [2.05, 4.69) is 5.16 Å². The molecule has 2 aromatic rings. The van der Waals surface area contributed by atoms with Crippen LogP contribution in [0.4, 0.5) is 0 Å². The molecular weight excluding hydrogens is 234 g/mol. The van der Waals surface area contributed by atoms with Crippen molar-refractivity contribution in [2.24, 2.45) is 0 Å². The lowest BCUT2D eigenvalue weighted by Gasteiger charge is -2.13. The molecule has 0 bridgehead atoms. The molecule has 5 nitrogen and oxygen atoms in total. The van der Waals surface area contributed by atoms with Crippen LogP contribution in [0.2, 0.25) is 0 Å². The van der Waals surface area contributed by atoms with E-state index in [1.54, 1.807) is 24.3 Å². The van der Waals surface area contributed by atoms with Gasteiger partial charge in [-0.25, -0.2) is 0 Å². The number of fused-ring (bicyclic) bond motifs is 2. The zero-order valence-corrected chi connectivity index (χ0v) is 9.51. The second-order valence-corrected chi connectivity index (χ2v) is 4.15. The number of rotatable bonds is 1. The third-order valence-corrected chi connectivity index (χ3v) is 2.96. The highest BCUT2D eigenvalue weighted by molar-refractivity contribution is 6.27. The number of hydrogen-bond donors (Lipinski definition) is 1. The molecule has 1 aliphatic rings. The Labute approximate surface area is 102 Å². The molecule has 1 aromatic carbocycles. The molecule has 1 aliphatic carbocycles. The van der Waals surface area contributed by atoms with Crippen LogP contribution in [0, 0.1) is 0 Å². The van der Waals surface area contributed by atoms with Gasteiger partial charge in [-0.15, -0.1) is 0 Å². The minimum Gasteiger partial charge on any atom is -0.387 e. The highest BCUT2D eigenvalue weighted by Crippen LogP contribution is 2.31. The van der Waals surface area contributed by atoms with Crippen LogP contribution in [0.25, 0.3) is 0 Å². The maximum atomic E-state index is 12.3. The summed E-state index contributed by atoms with van der Waals surface area (Å²) in [5.41, 5.74) is 0.815. The maximum absolute atomic E-state index is 12.3. The van der Waals surface area contributed by atoms with Gasteiger partial charge in [0.05, 0.1) is 11.7 Å². The van der Waals surface area contributed by atoms with E-state index >= 15 is 0 Å². The van der Waals surface area contributed by atoms with Crippen molar-refractivity contribution in [2.45, 2.75) is 13.0 Å². The monoisotopic (exact) mass is 243 g/mol. The van der Waals surface area contributed by atoms with E-state index in [1.165, 1.54) is 6.92 Å². The summed E-state index contributed by atoms with van der Waals surface area (Å²) >= 11 is 0. The smallest absolute Gasteiger partial charge is 0.232 e. The van der Waals surface area contributed by atoms with Crippen LogP contribution < -0.4 is 0 Å². The van der Waals surface area contributed by atoms with Crippen molar-refractivity contribution < 1.29 is 19.2 Å². The zero-order chi connectivity index (χ0) is 12.9. The highest BCUT2D eigenvalue weighted by Gasteiger charge is 2.37. The number of benzene rings is 1. The third kappa shape index (κ3) is 1.28. The fourth-order valence-electron chi connectivity index (χ4n) is 2.10. The van der Waals surface area contributed by atoms with Gasteiger partial charge in [0.15, 0.2) is 5.78 Å². The molecule has 0 saturated carbocycles. The van der Waals surface area contributed by atoms with Crippen molar-refractivity contribution in [1.82, 2.24) is 5.16 Å². The SMILES string of the molecule is CC(O)c1noc2c1C(=O)c1ccccc1C2=O. The highest BCUT2D eigenvalue weighted by atomic mass is 16.5. The summed E-state index contributed by atoms with van der Waals surface area (Å²) in [5, 5.41) is 13.1. The molecule has 1 aromatic heterocycles. The fourth-order valence-corrected chi connectivity index (χ4v) is 2.10. The second kappa shape index (κ2) is 3.61. The molecule has 0 aliphatic heterocycles. The van der Waals surface area contributed by atoms with Gasteiger partial charge in [-0.1, -0.05) is 29.4 Å². The topological polar surface area (TPSA) is 80.4 Å². The van der Waals surface area contributed by atoms with Gasteiger partial charge < -0.3 is 9.63 Å². The summed E-state index contributed by atoms with van der Waals surface area (Å²) in [5.74, 6) is -0.799. The Balaban J connectivity index is 2.29. The minimum atomic E-state index is -0.959. The van der Waals surface area contributed by atoms with E-state index in [4.69, 9.17) is 4.52 Å². The summed E-state index contributed by atoms with van der Waals surface area (Å²) in [6.45, 7) is 1.47. The molecule has 1 atom stereocenters. The van der Waals surface area contributed by atoms with Crippen molar-refractivity contribution in [1.29, 1.82) is 0 Å². The van der Waals surface area contributed by atoms with E-state index in [9.17, 15) is 14.7 Å². The summed E-state index contributed by atoms with van der Waals surface area (Å²) in [4.78, 5) is 24.4. The van der Waals surface area contributed by atoms with Crippen LogP contribution in [0.5, 0.6) is 0 Å². The number of carbonyl (C=O) groups is 2. The van der Waals surface area contributed by atoms with E-state index in [1.807, 2.05) is 0 Å². The standard InChI is InChI=1S/C13H9NO4/c1-6(15)10-9-11(16)7-4-2-3-5-8(7)12(17)13(9)18-14-10/h2-6,15H,1H3. The average Bonchev–Trinajstić information content (AvgIpc) is 2.81. The third-order valence-electron chi connectivity index (χ3n) is 2.96. The van der Waals surface area contributed by atoms with Crippen LogP contribution in [0.3, 0.4) is 0 Å². The molecule has 0 spiro atoms. The predicted octanol–water partition coefficient (Wildman–Crippen LogP) is 1.50. The van der Waals surface area contributed by atoms with Gasteiger partial charge in [-0.3, -0.25) is 9.59 Å². The van der Waals surface area contributed by atoms with E-state index < -0.39 is 6.10 Å². The first-order valence-corrected chi connectivity index (χ1v) is 5.47. The molecule has 0 radical (unpaired) electrons. The van der Waals surface area contributed by atoms with Crippen molar-refractivity contribution in [3.05, 3.63) is 52.4 Å². The van der Waals surface area contributed by atoms with Gasteiger partial charge in [0.1, 0.15) is 5.69 Å². The quantitative estimate of drug-likeness (QED) is 0.700. The molecule has 5 heteroatoms. The van der Waals surface area contributed by atoms with Gasteiger partial charge in [-0.05, 0) is 6.92 Å². The van der Waals surface area contributed by atoms with E-state index in [0.29, 0.717) is 11.1 Å². The van der Waals surface area contributed by atoms with Gasteiger partial charge in [0, 0.05) is 11.1 Å². The van der Waals surface area contributed by atoms with Crippen molar-refractivity contribution in [3.63, 3.8) is 0 Å². The molecule has 18 heavy (non-hydrogen) atoms. The average molecular weight is 243 g/mol. The summed E-state index contributed by atoms with van der Waals surface area (Å²) in [6, 6.07) is 6.52. The molecule has 0 saturated heterocycles. The predicted molar refractivity (Wildman–Crippen MR) is 60.4 cm³/mol. The van der Waals surface area contributed by atoms with E-state index in [0.717, 1.165) is 0 Å². The number of aliphatic hydroxyl groups is 1. The minimum absolute atomic E-state index is 0.0775. The largest absolute Gasteiger partial charge is 0.387 e. The van der Waals surface area contributed by atoms with Gasteiger partial charge in [0.2, 0.25) is 11.5 Å². The lowest BCUT2D eigenvalue weighted by molar-refractivity contribution is 0.0954. The molecule has 1 unspecified atom stereocenters. The molecular formula is C13H9NO4. The van der Waals surface area contributed by atoms with Crippen LogP contribution in [0.1, 0.15) is 50.8 Å². The summed E-state index contributed by atoms with van der Waals surface area (Å²) in [7, 11) is 0. The zero-order valence-electron chi connectivity index (χ0n) is 9.51. The molecule has 0 fully saturated rings. The lowest BCUT2D eigenvalue weighted by atomic mass is 9.87. The summed E-state index contributed by atoms with van der Waals surface area (Å²) < 4.78 is 4.91. The van der Waals surface area contributed by atoms with Crippen molar-refractivity contribution in [2.75, 3.05) is 0 Å². The Morgan fingerprint density at radius 1 is 1.17 bits per heavy atom. The fraction of sp³-hybridized carbons (Fsp3) is 0.154. The molecule has 0 amide bonds.